The summed E-state index contributed by atoms with van der Waals surface area (Å²) in [4.78, 5) is 34.0. The number of H-pyrrole nitrogens is 1. The van der Waals surface area contributed by atoms with Crippen LogP contribution in [0, 0.1) is 5.82 Å². The molecule has 1 saturated heterocycles. The minimum absolute atomic E-state index is 0.0501. The van der Waals surface area contributed by atoms with E-state index in [4.69, 9.17) is 0 Å². The predicted octanol–water partition coefficient (Wildman–Crippen LogP) is 0.987. The van der Waals surface area contributed by atoms with Gasteiger partial charge in [-0.15, -0.1) is 0 Å². The Hall–Kier alpha value is -2.74. The molecule has 1 fully saturated rings. The van der Waals surface area contributed by atoms with Crippen LogP contribution in [0.5, 0.6) is 0 Å². The van der Waals surface area contributed by atoms with E-state index >= 15 is 0 Å². The summed E-state index contributed by atoms with van der Waals surface area (Å²) in [5, 5.41) is 5.82. The number of rotatable bonds is 7. The highest BCUT2D eigenvalue weighted by atomic mass is 19.1. The van der Waals surface area contributed by atoms with E-state index in [0.717, 1.165) is 5.82 Å². The molecule has 1 aliphatic heterocycles. The highest BCUT2D eigenvalue weighted by Crippen LogP contribution is 2.20. The number of nitrogens with one attached hydrogen (secondary N) is 3. The number of amides is 2. The number of likely N-dealkylation sites (N-methyl/N-ethyl adjacent to an activating group) is 1. The Kier molecular flexibility index (Phi) is 6.18. The predicted molar refractivity (Wildman–Crippen MR) is 98.1 cm³/mol. The number of aromatic amines is 1. The maximum absolute atomic E-state index is 13.3. The number of hydrogen-bond donors (Lipinski definition) is 3. The lowest BCUT2D eigenvalue weighted by molar-refractivity contribution is -0.125. The average molecular weight is 373 g/mol. The summed E-state index contributed by atoms with van der Waals surface area (Å²) in [5.74, 6) is 0.184. The molecule has 0 radical (unpaired) electrons. The van der Waals surface area contributed by atoms with Gasteiger partial charge in [-0.05, 0) is 31.0 Å². The summed E-state index contributed by atoms with van der Waals surface area (Å²) < 4.78 is 13.3. The molecule has 2 atom stereocenters. The topological polar surface area (TPSA) is 90.1 Å². The Morgan fingerprint density at radius 2 is 2.26 bits per heavy atom. The van der Waals surface area contributed by atoms with Crippen LogP contribution in [0.4, 0.5) is 4.39 Å². The second-order valence-corrected chi connectivity index (χ2v) is 6.68. The smallest absolute Gasteiger partial charge is 0.237 e. The molecule has 0 aliphatic carbocycles. The zero-order valence-corrected chi connectivity index (χ0v) is 15.2. The Morgan fingerprint density at radius 3 is 2.96 bits per heavy atom. The van der Waals surface area contributed by atoms with Gasteiger partial charge in [-0.1, -0.05) is 12.1 Å². The van der Waals surface area contributed by atoms with Gasteiger partial charge < -0.3 is 15.6 Å². The first-order chi connectivity index (χ1) is 13.0. The normalized spacial score (nSPS) is 19.8. The Bertz CT molecular complexity index is 780. The summed E-state index contributed by atoms with van der Waals surface area (Å²) in [6.07, 6.45) is 4.05. The second-order valence-electron chi connectivity index (χ2n) is 6.68. The van der Waals surface area contributed by atoms with Crippen molar-refractivity contribution in [2.45, 2.75) is 38.4 Å². The largest absolute Gasteiger partial charge is 0.355 e. The lowest BCUT2D eigenvalue weighted by Gasteiger charge is -2.22. The lowest BCUT2D eigenvalue weighted by Crippen LogP contribution is -2.42. The summed E-state index contributed by atoms with van der Waals surface area (Å²) in [7, 11) is 0. The zero-order chi connectivity index (χ0) is 19.2. The van der Waals surface area contributed by atoms with Crippen LogP contribution in [0.15, 0.2) is 36.7 Å². The van der Waals surface area contributed by atoms with Gasteiger partial charge in [-0.3, -0.25) is 14.5 Å². The molecular weight excluding hydrogens is 349 g/mol. The molecule has 144 valence electrons. The number of carbonyl (C=O) groups is 2. The second kappa shape index (κ2) is 8.77. The Balaban J connectivity index is 1.61. The van der Waals surface area contributed by atoms with Crippen LogP contribution in [0.25, 0.3) is 0 Å². The Labute approximate surface area is 157 Å². The molecule has 8 heteroatoms. The van der Waals surface area contributed by atoms with E-state index in [1.165, 1.54) is 12.1 Å². The van der Waals surface area contributed by atoms with E-state index in [0.29, 0.717) is 31.6 Å². The number of aromatic nitrogens is 2. The van der Waals surface area contributed by atoms with Crippen LogP contribution in [0.1, 0.15) is 24.7 Å². The Morgan fingerprint density at radius 1 is 1.41 bits per heavy atom. The van der Waals surface area contributed by atoms with Crippen LogP contribution in [-0.2, 0) is 22.6 Å². The molecule has 0 unspecified atom stereocenters. The van der Waals surface area contributed by atoms with Crippen LogP contribution in [0.2, 0.25) is 0 Å². The average Bonchev–Trinajstić information content (AvgIpc) is 3.25. The molecule has 2 heterocycles. The van der Waals surface area contributed by atoms with E-state index < -0.39 is 0 Å². The molecule has 1 aliphatic rings. The molecule has 2 amide bonds. The molecule has 3 N–H and O–H groups in total. The molecule has 0 saturated carbocycles. The summed E-state index contributed by atoms with van der Waals surface area (Å²) >= 11 is 0. The fourth-order valence-electron chi connectivity index (χ4n) is 3.44. The number of benzene rings is 1. The van der Waals surface area contributed by atoms with Crippen LogP contribution in [-0.4, -0.2) is 51.9 Å². The molecule has 3 rings (SSSR count). The van der Waals surface area contributed by atoms with Gasteiger partial charge in [0, 0.05) is 31.5 Å². The van der Waals surface area contributed by atoms with E-state index in [-0.39, 0.29) is 36.1 Å². The van der Waals surface area contributed by atoms with Crippen molar-refractivity contribution in [2.24, 2.45) is 0 Å². The van der Waals surface area contributed by atoms with Crippen molar-refractivity contribution in [2.75, 3.05) is 13.1 Å². The van der Waals surface area contributed by atoms with Gasteiger partial charge in [0.05, 0.1) is 19.0 Å². The van der Waals surface area contributed by atoms with Crippen molar-refractivity contribution in [3.8, 4) is 0 Å². The quantitative estimate of drug-likeness (QED) is 0.675. The van der Waals surface area contributed by atoms with Crippen molar-refractivity contribution in [3.63, 3.8) is 0 Å². The fourth-order valence-corrected chi connectivity index (χ4v) is 3.44. The minimum atomic E-state index is -0.359. The standard InChI is InChI=1S/C19H24FN5O2/c1-2-21-19(27)16-10-15(11-25(16)12-17-22-6-7-23-17)24-18(26)9-13-4-3-5-14(20)8-13/h3-8,15-16H,2,9-12H2,1H3,(H,21,27)(H,22,23)(H,24,26)/t15-,16+/m1/s1. The lowest BCUT2D eigenvalue weighted by atomic mass is 10.1. The number of likely N-dealkylation sites (tertiary alicyclic amines) is 1. The monoisotopic (exact) mass is 373 g/mol. The number of imidazole rings is 1. The van der Waals surface area contributed by atoms with Gasteiger partial charge in [0.2, 0.25) is 11.8 Å². The third-order valence-corrected chi connectivity index (χ3v) is 4.58. The number of hydrogen-bond acceptors (Lipinski definition) is 4. The third kappa shape index (κ3) is 5.13. The maximum atomic E-state index is 13.3. The minimum Gasteiger partial charge on any atom is -0.355 e. The molecule has 7 nitrogen and oxygen atoms in total. The van der Waals surface area contributed by atoms with Gasteiger partial charge in [0.25, 0.3) is 0 Å². The summed E-state index contributed by atoms with van der Waals surface area (Å²) in [6.45, 7) is 3.49. The van der Waals surface area contributed by atoms with Crippen molar-refractivity contribution >= 4 is 11.8 Å². The maximum Gasteiger partial charge on any atom is 0.237 e. The van der Waals surface area contributed by atoms with Gasteiger partial charge in [-0.2, -0.15) is 0 Å². The molecule has 0 bridgehead atoms. The molecule has 27 heavy (non-hydrogen) atoms. The van der Waals surface area contributed by atoms with Crippen LogP contribution >= 0.6 is 0 Å². The van der Waals surface area contributed by atoms with Crippen molar-refractivity contribution < 1.29 is 14.0 Å². The zero-order valence-electron chi connectivity index (χ0n) is 15.2. The number of carbonyl (C=O) groups excluding carboxylic acids is 2. The van der Waals surface area contributed by atoms with Crippen LogP contribution in [0.3, 0.4) is 0 Å². The molecule has 1 aromatic carbocycles. The highest BCUT2D eigenvalue weighted by Gasteiger charge is 2.37. The van der Waals surface area contributed by atoms with Crippen LogP contribution < -0.4 is 10.6 Å². The molecular formula is C19H24FN5O2. The van der Waals surface area contributed by atoms with E-state index in [1.54, 1.807) is 24.5 Å². The van der Waals surface area contributed by atoms with Crippen molar-refractivity contribution in [1.29, 1.82) is 0 Å². The highest BCUT2D eigenvalue weighted by molar-refractivity contribution is 5.83. The van der Waals surface area contributed by atoms with Crippen molar-refractivity contribution in [3.05, 3.63) is 53.9 Å². The summed E-state index contributed by atoms with van der Waals surface area (Å²) in [5.41, 5.74) is 0.623. The molecule has 0 spiro atoms. The SMILES string of the molecule is CCNC(=O)[C@@H]1C[C@@H](NC(=O)Cc2cccc(F)c2)CN1Cc1ncc[nH]1. The first kappa shape index (κ1) is 19.0. The van der Waals surface area contributed by atoms with Gasteiger partial charge >= 0.3 is 0 Å². The molecule has 1 aromatic heterocycles. The van der Waals surface area contributed by atoms with Gasteiger partial charge in [0.1, 0.15) is 11.6 Å². The fraction of sp³-hybridized carbons (Fsp3) is 0.421. The number of halogens is 1. The van der Waals surface area contributed by atoms with E-state index in [2.05, 4.69) is 20.6 Å². The van der Waals surface area contributed by atoms with Gasteiger partial charge in [-0.25, -0.2) is 9.37 Å². The first-order valence-corrected chi connectivity index (χ1v) is 9.09. The summed E-state index contributed by atoms with van der Waals surface area (Å²) in [6, 6.07) is 5.54. The van der Waals surface area contributed by atoms with Crippen molar-refractivity contribution in [1.82, 2.24) is 25.5 Å². The van der Waals surface area contributed by atoms with E-state index in [1.807, 2.05) is 11.8 Å². The third-order valence-electron chi connectivity index (χ3n) is 4.58. The first-order valence-electron chi connectivity index (χ1n) is 9.09. The van der Waals surface area contributed by atoms with Gasteiger partial charge in [0.15, 0.2) is 0 Å². The number of nitrogens with zero attached hydrogens (tertiary/aromatic N) is 2. The molecule has 2 aromatic rings. The van der Waals surface area contributed by atoms with E-state index in [9.17, 15) is 14.0 Å².